The van der Waals surface area contributed by atoms with Gasteiger partial charge in [-0.2, -0.15) is 8.78 Å². The Balaban J connectivity index is 1.72. The molecule has 0 fully saturated rings. The van der Waals surface area contributed by atoms with Crippen LogP contribution < -0.4 is 14.8 Å². The first kappa shape index (κ1) is 15.8. The maximum absolute atomic E-state index is 12.4. The molecule has 0 amide bonds. The summed E-state index contributed by atoms with van der Waals surface area (Å²) in [5.41, 5.74) is 1.35. The van der Waals surface area contributed by atoms with Crippen molar-refractivity contribution in [2.75, 3.05) is 11.9 Å². The SMILES string of the molecule is CCOc1cc(CNc2ccc3nnnn3n2)ccc1OC(F)F. The summed E-state index contributed by atoms with van der Waals surface area (Å²) in [5, 5.41) is 18.3. The molecule has 0 bridgehead atoms. The molecule has 2 heterocycles. The Bertz CT molecular complexity index is 826. The molecule has 0 atom stereocenters. The van der Waals surface area contributed by atoms with Gasteiger partial charge in [-0.1, -0.05) is 6.07 Å². The van der Waals surface area contributed by atoms with Gasteiger partial charge in [0.15, 0.2) is 17.1 Å². The second-order valence-electron chi connectivity index (χ2n) is 4.69. The highest BCUT2D eigenvalue weighted by Gasteiger charge is 2.11. The van der Waals surface area contributed by atoms with E-state index < -0.39 is 6.61 Å². The van der Waals surface area contributed by atoms with Gasteiger partial charge in [0.1, 0.15) is 5.82 Å². The minimum absolute atomic E-state index is 0.00355. The maximum Gasteiger partial charge on any atom is 0.387 e. The number of tetrazole rings is 1. The molecule has 3 rings (SSSR count). The number of hydrogen-bond donors (Lipinski definition) is 1. The first-order valence-electron chi connectivity index (χ1n) is 7.15. The standard InChI is InChI=1S/C14H14F2N6O2/c1-2-23-11-7-9(3-4-10(11)24-14(15)16)8-17-12-5-6-13-18-20-21-22(13)19-12/h3-7,14H,2,8H2,1H3,(H,17,19). The average molecular weight is 336 g/mol. The number of ether oxygens (including phenoxy) is 2. The Labute approximate surface area is 135 Å². The molecular weight excluding hydrogens is 322 g/mol. The summed E-state index contributed by atoms with van der Waals surface area (Å²) in [4.78, 5) is 0. The lowest BCUT2D eigenvalue weighted by atomic mass is 10.2. The van der Waals surface area contributed by atoms with Crippen molar-refractivity contribution < 1.29 is 18.3 Å². The summed E-state index contributed by atoms with van der Waals surface area (Å²) in [5.74, 6) is 0.838. The number of alkyl halides is 2. The summed E-state index contributed by atoms with van der Waals surface area (Å²) in [6, 6.07) is 8.22. The van der Waals surface area contributed by atoms with Crippen LogP contribution in [0.25, 0.3) is 5.65 Å². The van der Waals surface area contributed by atoms with E-state index in [9.17, 15) is 8.78 Å². The second kappa shape index (κ2) is 7.02. The third-order valence-corrected chi connectivity index (χ3v) is 3.07. The van der Waals surface area contributed by atoms with Crippen molar-refractivity contribution in [3.63, 3.8) is 0 Å². The summed E-state index contributed by atoms with van der Waals surface area (Å²) < 4.78 is 35.9. The first-order valence-corrected chi connectivity index (χ1v) is 7.15. The van der Waals surface area contributed by atoms with Gasteiger partial charge in [-0.3, -0.25) is 0 Å². The molecule has 0 aliphatic heterocycles. The lowest BCUT2D eigenvalue weighted by Crippen LogP contribution is -2.07. The van der Waals surface area contributed by atoms with E-state index in [-0.39, 0.29) is 11.5 Å². The molecule has 0 aliphatic rings. The van der Waals surface area contributed by atoms with E-state index >= 15 is 0 Å². The third kappa shape index (κ3) is 3.65. The van der Waals surface area contributed by atoms with Crippen LogP contribution in [0.4, 0.5) is 14.6 Å². The van der Waals surface area contributed by atoms with Gasteiger partial charge in [-0.05, 0) is 47.2 Å². The van der Waals surface area contributed by atoms with Gasteiger partial charge in [0.05, 0.1) is 6.61 Å². The molecule has 0 unspecified atom stereocenters. The van der Waals surface area contributed by atoms with Gasteiger partial charge in [0.25, 0.3) is 0 Å². The van der Waals surface area contributed by atoms with Gasteiger partial charge in [0, 0.05) is 6.54 Å². The molecule has 0 spiro atoms. The fourth-order valence-corrected chi connectivity index (χ4v) is 2.06. The Morgan fingerprint density at radius 3 is 2.88 bits per heavy atom. The van der Waals surface area contributed by atoms with Crippen LogP contribution >= 0.6 is 0 Å². The van der Waals surface area contributed by atoms with E-state index in [1.807, 2.05) is 0 Å². The molecule has 0 saturated carbocycles. The summed E-state index contributed by atoms with van der Waals surface area (Å²) in [6.45, 7) is -0.383. The van der Waals surface area contributed by atoms with E-state index in [0.717, 1.165) is 5.56 Å². The monoisotopic (exact) mass is 336 g/mol. The highest BCUT2D eigenvalue weighted by Crippen LogP contribution is 2.30. The number of aromatic nitrogens is 5. The van der Waals surface area contributed by atoms with Crippen LogP contribution in [0.2, 0.25) is 0 Å². The zero-order chi connectivity index (χ0) is 16.9. The maximum atomic E-state index is 12.4. The summed E-state index contributed by atoms with van der Waals surface area (Å²) in [6.07, 6.45) is 0. The molecule has 1 aromatic carbocycles. The van der Waals surface area contributed by atoms with E-state index in [1.54, 1.807) is 31.2 Å². The minimum atomic E-state index is -2.90. The minimum Gasteiger partial charge on any atom is -0.490 e. The summed E-state index contributed by atoms with van der Waals surface area (Å²) >= 11 is 0. The van der Waals surface area contributed by atoms with Crippen LogP contribution in [0.3, 0.4) is 0 Å². The number of benzene rings is 1. The molecule has 8 nitrogen and oxygen atoms in total. The summed E-state index contributed by atoms with van der Waals surface area (Å²) in [7, 11) is 0. The van der Waals surface area contributed by atoms with Crippen LogP contribution in [0.15, 0.2) is 30.3 Å². The average Bonchev–Trinajstić information content (AvgIpc) is 3.02. The Hall–Kier alpha value is -3.04. The molecule has 1 N–H and O–H groups in total. The van der Waals surface area contributed by atoms with E-state index in [4.69, 9.17) is 4.74 Å². The Morgan fingerprint density at radius 2 is 2.08 bits per heavy atom. The van der Waals surface area contributed by atoms with Crippen molar-refractivity contribution in [2.24, 2.45) is 0 Å². The zero-order valence-corrected chi connectivity index (χ0v) is 12.7. The predicted molar refractivity (Wildman–Crippen MR) is 80.1 cm³/mol. The van der Waals surface area contributed by atoms with Crippen LogP contribution in [-0.2, 0) is 6.54 Å². The molecule has 0 radical (unpaired) electrons. The third-order valence-electron chi connectivity index (χ3n) is 3.07. The number of nitrogens with one attached hydrogen (secondary N) is 1. The van der Waals surface area contributed by atoms with Crippen molar-refractivity contribution in [3.05, 3.63) is 35.9 Å². The van der Waals surface area contributed by atoms with Gasteiger partial charge >= 0.3 is 6.61 Å². The number of nitrogens with zero attached hydrogens (tertiary/aromatic N) is 5. The van der Waals surface area contributed by atoms with Crippen LogP contribution in [0.1, 0.15) is 12.5 Å². The quantitative estimate of drug-likeness (QED) is 0.707. The van der Waals surface area contributed by atoms with E-state index in [0.29, 0.717) is 24.6 Å². The van der Waals surface area contributed by atoms with Gasteiger partial charge < -0.3 is 14.8 Å². The second-order valence-corrected chi connectivity index (χ2v) is 4.69. The zero-order valence-electron chi connectivity index (χ0n) is 12.7. The lowest BCUT2D eigenvalue weighted by Gasteiger charge is -2.13. The van der Waals surface area contributed by atoms with Gasteiger partial charge in [-0.25, -0.2) is 0 Å². The number of fused-ring (bicyclic) bond motifs is 1. The predicted octanol–water partition coefficient (Wildman–Crippen LogP) is 2.13. The Kier molecular flexibility index (Phi) is 4.64. The molecule has 2 aromatic heterocycles. The number of halogens is 2. The highest BCUT2D eigenvalue weighted by molar-refractivity contribution is 5.46. The molecule has 0 saturated heterocycles. The van der Waals surface area contributed by atoms with E-state index in [2.05, 4.69) is 30.7 Å². The van der Waals surface area contributed by atoms with Crippen molar-refractivity contribution >= 4 is 11.5 Å². The fourth-order valence-electron chi connectivity index (χ4n) is 2.06. The largest absolute Gasteiger partial charge is 0.490 e. The van der Waals surface area contributed by atoms with Crippen molar-refractivity contribution in [3.8, 4) is 11.5 Å². The number of rotatable bonds is 7. The molecular formula is C14H14F2N6O2. The molecule has 0 aliphatic carbocycles. The topological polar surface area (TPSA) is 86.5 Å². The van der Waals surface area contributed by atoms with Crippen LogP contribution in [0, 0.1) is 0 Å². The molecule has 24 heavy (non-hydrogen) atoms. The molecule has 126 valence electrons. The van der Waals surface area contributed by atoms with Gasteiger partial charge in [0.2, 0.25) is 0 Å². The molecule has 3 aromatic rings. The normalized spacial score (nSPS) is 11.0. The van der Waals surface area contributed by atoms with Crippen molar-refractivity contribution in [2.45, 2.75) is 20.1 Å². The number of anilines is 1. The van der Waals surface area contributed by atoms with Crippen molar-refractivity contribution in [1.82, 2.24) is 25.3 Å². The van der Waals surface area contributed by atoms with Crippen molar-refractivity contribution in [1.29, 1.82) is 0 Å². The smallest absolute Gasteiger partial charge is 0.387 e. The highest BCUT2D eigenvalue weighted by atomic mass is 19.3. The van der Waals surface area contributed by atoms with Gasteiger partial charge in [-0.15, -0.1) is 14.8 Å². The van der Waals surface area contributed by atoms with E-state index in [1.165, 1.54) is 10.7 Å². The lowest BCUT2D eigenvalue weighted by molar-refractivity contribution is -0.0514. The van der Waals surface area contributed by atoms with Crippen LogP contribution in [0.5, 0.6) is 11.5 Å². The molecule has 10 heteroatoms. The Morgan fingerprint density at radius 1 is 1.21 bits per heavy atom. The number of hydrogen-bond acceptors (Lipinski definition) is 7. The first-order chi connectivity index (χ1) is 11.7. The van der Waals surface area contributed by atoms with Crippen LogP contribution in [-0.4, -0.2) is 38.5 Å². The fraction of sp³-hybridized carbons (Fsp3) is 0.286.